The van der Waals surface area contributed by atoms with Crippen molar-refractivity contribution in [1.82, 2.24) is 15.5 Å². The number of nitrogens with zero attached hydrogens (tertiary/aromatic N) is 1. The molecule has 0 aromatic rings. The third-order valence-corrected chi connectivity index (χ3v) is 6.14. The molecule has 31 heavy (non-hydrogen) atoms. The second kappa shape index (κ2) is 12.1. The van der Waals surface area contributed by atoms with E-state index in [1.54, 1.807) is 0 Å². The standard InChI is InChI=1S/C17H27BN3O8PS/c1-26-10-12-15(29-30(24,25)27-2)11(16(18)28-12)4-3-7-19-17(31)20-8-9-21-13(22)5-6-14(21)23/h5-6,11-12,15-16H,3-4,7-10H2,1-2H3,(H,24,25)(H2,19,20,31)/t11-,12+,15?,16+/m0/s1. The number of nitrogens with one attached hydrogen (secondary N) is 2. The van der Waals surface area contributed by atoms with Gasteiger partial charge in [0.2, 0.25) is 0 Å². The van der Waals surface area contributed by atoms with Crippen LogP contribution < -0.4 is 10.6 Å². The largest absolute Gasteiger partial charge is 0.472 e. The van der Waals surface area contributed by atoms with Gasteiger partial charge in [-0.05, 0) is 25.1 Å². The molecule has 2 rings (SSSR count). The Balaban J connectivity index is 1.73. The van der Waals surface area contributed by atoms with Gasteiger partial charge in [-0.1, -0.05) is 0 Å². The van der Waals surface area contributed by atoms with Crippen molar-refractivity contribution in [3.05, 3.63) is 12.2 Å². The lowest BCUT2D eigenvalue weighted by molar-refractivity contribution is -0.136. The minimum absolute atomic E-state index is 0.155. The van der Waals surface area contributed by atoms with Gasteiger partial charge < -0.3 is 25.0 Å². The lowest BCUT2D eigenvalue weighted by Gasteiger charge is -2.25. The van der Waals surface area contributed by atoms with Gasteiger partial charge in [-0.3, -0.25) is 23.5 Å². The van der Waals surface area contributed by atoms with E-state index in [9.17, 15) is 19.0 Å². The number of phosphoric acid groups is 1. The number of rotatable bonds is 12. The fourth-order valence-electron chi connectivity index (χ4n) is 3.35. The van der Waals surface area contributed by atoms with Crippen LogP contribution in [0, 0.1) is 5.92 Å². The van der Waals surface area contributed by atoms with Crippen LogP contribution in [0.25, 0.3) is 0 Å². The predicted octanol–water partition coefficient (Wildman–Crippen LogP) is -0.556. The maximum absolute atomic E-state index is 11.9. The fraction of sp³-hybridized carbons (Fsp3) is 0.706. The summed E-state index contributed by atoms with van der Waals surface area (Å²) >= 11 is 5.18. The number of carbonyl (C=O) groups is 2. The lowest BCUT2D eigenvalue weighted by atomic mass is 9.82. The van der Waals surface area contributed by atoms with Gasteiger partial charge in [0.15, 0.2) is 5.11 Å². The molecule has 0 aromatic carbocycles. The molecule has 2 unspecified atom stereocenters. The van der Waals surface area contributed by atoms with Gasteiger partial charge in [0, 0.05) is 57.9 Å². The molecule has 0 spiro atoms. The smallest absolute Gasteiger partial charge is 0.382 e. The summed E-state index contributed by atoms with van der Waals surface area (Å²) in [6.07, 6.45) is 2.26. The first-order valence-electron chi connectivity index (χ1n) is 9.70. The first-order chi connectivity index (χ1) is 14.7. The molecule has 2 aliphatic heterocycles. The van der Waals surface area contributed by atoms with E-state index in [0.717, 1.165) is 12.0 Å². The number of hydrogen-bond donors (Lipinski definition) is 3. The van der Waals surface area contributed by atoms with Crippen molar-refractivity contribution in [2.24, 2.45) is 5.92 Å². The molecule has 2 amide bonds. The highest BCUT2D eigenvalue weighted by Gasteiger charge is 2.45. The Morgan fingerprint density at radius 1 is 1.29 bits per heavy atom. The maximum atomic E-state index is 11.9. The first-order valence-corrected chi connectivity index (χ1v) is 11.6. The lowest BCUT2D eigenvalue weighted by Crippen LogP contribution is -2.42. The number of imide groups is 1. The molecule has 1 saturated heterocycles. The molecule has 0 bridgehead atoms. The molecule has 14 heteroatoms. The number of methoxy groups -OCH3 is 1. The van der Waals surface area contributed by atoms with E-state index in [-0.39, 0.29) is 30.9 Å². The van der Waals surface area contributed by atoms with Crippen molar-refractivity contribution in [1.29, 1.82) is 0 Å². The summed E-state index contributed by atoms with van der Waals surface area (Å²) in [5.41, 5.74) is 0. The minimum Gasteiger partial charge on any atom is -0.382 e. The Bertz CT molecular complexity index is 724. The average molecular weight is 475 g/mol. The molecule has 5 atom stereocenters. The summed E-state index contributed by atoms with van der Waals surface area (Å²) in [6, 6.07) is -0.684. The Morgan fingerprint density at radius 3 is 2.55 bits per heavy atom. The molecule has 2 radical (unpaired) electrons. The highest BCUT2D eigenvalue weighted by molar-refractivity contribution is 7.80. The van der Waals surface area contributed by atoms with Crippen molar-refractivity contribution in [2.75, 3.05) is 40.5 Å². The van der Waals surface area contributed by atoms with E-state index in [2.05, 4.69) is 15.2 Å². The van der Waals surface area contributed by atoms with Gasteiger partial charge in [-0.15, -0.1) is 0 Å². The summed E-state index contributed by atoms with van der Waals surface area (Å²) in [7, 11) is 4.39. The van der Waals surface area contributed by atoms with E-state index >= 15 is 0 Å². The van der Waals surface area contributed by atoms with Crippen LogP contribution in [0.5, 0.6) is 0 Å². The molecular weight excluding hydrogens is 448 g/mol. The van der Waals surface area contributed by atoms with Crippen molar-refractivity contribution in [2.45, 2.75) is 31.1 Å². The Morgan fingerprint density at radius 2 is 1.94 bits per heavy atom. The number of hydrogen-bond acceptors (Lipinski definition) is 8. The average Bonchev–Trinajstić information content (AvgIpc) is 3.18. The van der Waals surface area contributed by atoms with Crippen LogP contribution in [0.15, 0.2) is 12.2 Å². The van der Waals surface area contributed by atoms with Crippen molar-refractivity contribution in [3.63, 3.8) is 0 Å². The zero-order valence-electron chi connectivity index (χ0n) is 17.4. The molecule has 0 aliphatic carbocycles. The number of carbonyl (C=O) groups excluding carboxylic acids is 2. The molecule has 3 N–H and O–H groups in total. The van der Waals surface area contributed by atoms with Crippen LogP contribution in [0.2, 0.25) is 0 Å². The highest BCUT2D eigenvalue weighted by atomic mass is 32.1. The van der Waals surface area contributed by atoms with Gasteiger partial charge in [-0.25, -0.2) is 4.57 Å². The van der Waals surface area contributed by atoms with Crippen LogP contribution in [0.4, 0.5) is 0 Å². The second-order valence-electron chi connectivity index (χ2n) is 6.97. The number of phosphoric ester groups is 1. The molecule has 0 aromatic heterocycles. The molecule has 1 fully saturated rings. The van der Waals surface area contributed by atoms with Gasteiger partial charge in [0.05, 0.1) is 6.61 Å². The minimum atomic E-state index is -4.23. The predicted molar refractivity (Wildman–Crippen MR) is 115 cm³/mol. The summed E-state index contributed by atoms with van der Waals surface area (Å²) in [5.74, 6) is -1.03. The molecule has 2 aliphatic rings. The monoisotopic (exact) mass is 475 g/mol. The summed E-state index contributed by atoms with van der Waals surface area (Å²) in [5, 5.41) is 6.33. The fourth-order valence-corrected chi connectivity index (χ4v) is 4.24. The number of amides is 2. The van der Waals surface area contributed by atoms with Crippen LogP contribution in [-0.4, -0.2) is 93.2 Å². The topological polar surface area (TPSA) is 136 Å². The van der Waals surface area contributed by atoms with Crippen molar-refractivity contribution >= 4 is 44.8 Å². The molecular formula is C17H27BN3O8PS. The zero-order chi connectivity index (χ0) is 23.0. The van der Waals surface area contributed by atoms with Gasteiger partial charge in [0.25, 0.3) is 11.8 Å². The Hall–Kier alpha value is -1.34. The van der Waals surface area contributed by atoms with Crippen LogP contribution in [-0.2, 0) is 32.7 Å². The highest BCUT2D eigenvalue weighted by Crippen LogP contribution is 2.48. The third kappa shape index (κ3) is 7.64. The molecule has 0 saturated carbocycles. The third-order valence-electron chi connectivity index (χ3n) is 4.88. The SMILES string of the molecule is [B][C@@H]1O[C@H](COC)C(OP(=O)(O)OC)[C@@H]1CCCNC(=S)NCCN1C(=O)C=CC1=O. The van der Waals surface area contributed by atoms with Crippen molar-refractivity contribution in [3.8, 4) is 0 Å². The number of thiocarbonyl (C=S) groups is 1. The number of ether oxygens (including phenoxy) is 2. The maximum Gasteiger partial charge on any atom is 0.472 e. The first kappa shape index (κ1) is 25.9. The van der Waals surface area contributed by atoms with Crippen LogP contribution in [0.1, 0.15) is 12.8 Å². The Kier molecular flexibility index (Phi) is 10.1. The molecule has 2 heterocycles. The summed E-state index contributed by atoms with van der Waals surface area (Å²) in [6.45, 7) is 1.19. The molecule has 172 valence electrons. The van der Waals surface area contributed by atoms with E-state index in [1.165, 1.54) is 19.3 Å². The quantitative estimate of drug-likeness (QED) is 0.110. The van der Waals surface area contributed by atoms with Gasteiger partial charge in [0.1, 0.15) is 20.1 Å². The normalized spacial score (nSPS) is 27.5. The van der Waals surface area contributed by atoms with Gasteiger partial charge >= 0.3 is 7.82 Å². The van der Waals surface area contributed by atoms with Gasteiger partial charge in [-0.2, -0.15) is 0 Å². The Labute approximate surface area is 187 Å². The van der Waals surface area contributed by atoms with E-state index in [0.29, 0.717) is 31.0 Å². The second-order valence-corrected chi connectivity index (χ2v) is 8.89. The molecule has 11 nitrogen and oxygen atoms in total. The van der Waals surface area contributed by atoms with E-state index in [1.807, 2.05) is 0 Å². The van der Waals surface area contributed by atoms with Crippen LogP contribution in [0.3, 0.4) is 0 Å². The van der Waals surface area contributed by atoms with Crippen LogP contribution >= 0.6 is 20.0 Å². The zero-order valence-corrected chi connectivity index (χ0v) is 19.1. The summed E-state index contributed by atoms with van der Waals surface area (Å²) in [4.78, 5) is 33.8. The summed E-state index contributed by atoms with van der Waals surface area (Å²) < 4.78 is 32.4. The van der Waals surface area contributed by atoms with Crippen molar-refractivity contribution < 1.29 is 37.6 Å². The van der Waals surface area contributed by atoms with E-state index in [4.69, 9.17) is 34.1 Å². The van der Waals surface area contributed by atoms with E-state index < -0.39 is 26.0 Å².